The number of likely N-dealkylation sites (tertiary alicyclic amines) is 1. The maximum Gasteiger partial charge on any atom is 0.227 e. The number of rotatable bonds is 5. The Bertz CT molecular complexity index is 884. The lowest BCUT2D eigenvalue weighted by Crippen LogP contribution is -2.42. The van der Waals surface area contributed by atoms with Crippen molar-refractivity contribution in [3.05, 3.63) is 59.7 Å². The molecule has 6 nitrogen and oxygen atoms in total. The molecule has 6 heteroatoms. The van der Waals surface area contributed by atoms with Gasteiger partial charge in [0, 0.05) is 37.3 Å². The quantitative estimate of drug-likeness (QED) is 0.817. The van der Waals surface area contributed by atoms with Crippen LogP contribution in [-0.4, -0.2) is 35.7 Å². The molecule has 1 aliphatic heterocycles. The number of carbonyl (C=O) groups excluding carboxylic acids is 3. The molecule has 0 spiro atoms. The molecule has 0 aliphatic carbocycles. The number of piperidine rings is 1. The van der Waals surface area contributed by atoms with Gasteiger partial charge in [-0.1, -0.05) is 35.9 Å². The van der Waals surface area contributed by atoms with Crippen molar-refractivity contribution in [2.24, 2.45) is 5.92 Å². The first-order valence-electron chi connectivity index (χ1n) is 9.92. The zero-order valence-electron chi connectivity index (χ0n) is 16.9. The fraction of sp³-hybridized carbons (Fsp3) is 0.348. The summed E-state index contributed by atoms with van der Waals surface area (Å²) in [6.45, 7) is 4.65. The molecule has 1 heterocycles. The van der Waals surface area contributed by atoms with Crippen molar-refractivity contribution >= 4 is 29.1 Å². The second kappa shape index (κ2) is 9.37. The monoisotopic (exact) mass is 393 g/mol. The summed E-state index contributed by atoms with van der Waals surface area (Å²) in [6, 6.07) is 15.1. The average molecular weight is 393 g/mol. The van der Waals surface area contributed by atoms with Crippen molar-refractivity contribution in [3.63, 3.8) is 0 Å². The van der Waals surface area contributed by atoms with Crippen LogP contribution in [0.3, 0.4) is 0 Å². The van der Waals surface area contributed by atoms with Crippen LogP contribution < -0.4 is 10.6 Å². The Labute approximate surface area is 171 Å². The highest BCUT2D eigenvalue weighted by atomic mass is 16.2. The van der Waals surface area contributed by atoms with E-state index >= 15 is 0 Å². The van der Waals surface area contributed by atoms with Crippen molar-refractivity contribution in [2.45, 2.75) is 33.1 Å². The van der Waals surface area contributed by atoms with Gasteiger partial charge in [-0.2, -0.15) is 0 Å². The largest absolute Gasteiger partial charge is 0.342 e. The molecule has 29 heavy (non-hydrogen) atoms. The Balaban J connectivity index is 1.49. The molecule has 3 rings (SSSR count). The molecule has 2 aromatic carbocycles. The number of nitrogens with one attached hydrogen (secondary N) is 2. The predicted molar refractivity (Wildman–Crippen MR) is 114 cm³/mol. The molecular weight excluding hydrogens is 366 g/mol. The number of hydrogen-bond donors (Lipinski definition) is 2. The van der Waals surface area contributed by atoms with Gasteiger partial charge in [-0.25, -0.2) is 0 Å². The van der Waals surface area contributed by atoms with Crippen molar-refractivity contribution in [3.8, 4) is 0 Å². The maximum absolute atomic E-state index is 12.6. The standard InChI is InChI=1S/C23H27N3O3/c1-16-6-8-18(9-7-16)14-22(28)26-12-10-19(11-13-26)23(29)25-21-5-3-4-20(15-21)24-17(2)27/h3-9,15,19H,10-14H2,1-2H3,(H,24,27)(H,25,29). The van der Waals surface area contributed by atoms with Crippen molar-refractivity contribution in [1.82, 2.24) is 4.90 Å². The Hall–Kier alpha value is -3.15. The van der Waals surface area contributed by atoms with Crippen LogP contribution in [0.2, 0.25) is 0 Å². The summed E-state index contributed by atoms with van der Waals surface area (Å²) >= 11 is 0. The van der Waals surface area contributed by atoms with Gasteiger partial charge < -0.3 is 15.5 Å². The average Bonchev–Trinajstić information content (AvgIpc) is 2.69. The molecule has 152 valence electrons. The molecule has 0 radical (unpaired) electrons. The highest BCUT2D eigenvalue weighted by Gasteiger charge is 2.27. The van der Waals surface area contributed by atoms with Gasteiger partial charge in [-0.3, -0.25) is 14.4 Å². The fourth-order valence-electron chi connectivity index (χ4n) is 3.51. The molecular formula is C23H27N3O3. The highest BCUT2D eigenvalue weighted by Crippen LogP contribution is 2.22. The van der Waals surface area contributed by atoms with Gasteiger partial charge in [0.2, 0.25) is 17.7 Å². The van der Waals surface area contributed by atoms with E-state index in [4.69, 9.17) is 0 Å². The van der Waals surface area contributed by atoms with E-state index in [1.807, 2.05) is 36.1 Å². The third kappa shape index (κ3) is 5.91. The smallest absolute Gasteiger partial charge is 0.227 e. The summed E-state index contributed by atoms with van der Waals surface area (Å²) in [6.07, 6.45) is 1.70. The van der Waals surface area contributed by atoms with Crippen LogP contribution >= 0.6 is 0 Å². The minimum atomic E-state index is -0.156. The summed E-state index contributed by atoms with van der Waals surface area (Å²) in [5.41, 5.74) is 3.49. The van der Waals surface area contributed by atoms with Crippen LogP contribution in [0, 0.1) is 12.8 Å². The van der Waals surface area contributed by atoms with Gasteiger partial charge in [0.1, 0.15) is 0 Å². The first kappa shape index (κ1) is 20.6. The number of carbonyl (C=O) groups is 3. The first-order chi connectivity index (χ1) is 13.9. The SMILES string of the molecule is CC(=O)Nc1cccc(NC(=O)C2CCN(C(=O)Cc3ccc(C)cc3)CC2)c1. The van der Waals surface area contributed by atoms with Crippen LogP contribution in [-0.2, 0) is 20.8 Å². The van der Waals surface area contributed by atoms with Crippen LogP contribution in [0.15, 0.2) is 48.5 Å². The van der Waals surface area contributed by atoms with E-state index in [1.54, 1.807) is 24.3 Å². The summed E-state index contributed by atoms with van der Waals surface area (Å²) in [5.74, 6) is -0.217. The molecule has 3 amide bonds. The topological polar surface area (TPSA) is 78.5 Å². The summed E-state index contributed by atoms with van der Waals surface area (Å²) in [7, 11) is 0. The first-order valence-corrected chi connectivity index (χ1v) is 9.92. The number of benzene rings is 2. The van der Waals surface area contributed by atoms with Crippen LogP contribution in [0.4, 0.5) is 11.4 Å². The molecule has 2 N–H and O–H groups in total. The maximum atomic E-state index is 12.6. The minimum Gasteiger partial charge on any atom is -0.342 e. The van der Waals surface area contributed by atoms with Crippen LogP contribution in [0.1, 0.15) is 30.9 Å². The number of aryl methyl sites for hydroxylation is 1. The van der Waals surface area contributed by atoms with Crippen molar-refractivity contribution in [2.75, 3.05) is 23.7 Å². The molecule has 0 unspecified atom stereocenters. The second-order valence-electron chi connectivity index (χ2n) is 7.57. The fourth-order valence-corrected chi connectivity index (χ4v) is 3.51. The molecule has 0 saturated carbocycles. The Morgan fingerprint density at radius 2 is 1.59 bits per heavy atom. The van der Waals surface area contributed by atoms with Crippen molar-refractivity contribution < 1.29 is 14.4 Å². The minimum absolute atomic E-state index is 0.0457. The summed E-state index contributed by atoms with van der Waals surface area (Å²) in [4.78, 5) is 38.2. The second-order valence-corrected chi connectivity index (χ2v) is 7.57. The highest BCUT2D eigenvalue weighted by molar-refractivity contribution is 5.94. The van der Waals surface area contributed by atoms with Gasteiger partial charge >= 0.3 is 0 Å². The zero-order valence-corrected chi connectivity index (χ0v) is 16.9. The zero-order chi connectivity index (χ0) is 20.8. The lowest BCUT2D eigenvalue weighted by molar-refractivity contribution is -0.133. The lowest BCUT2D eigenvalue weighted by atomic mass is 9.95. The lowest BCUT2D eigenvalue weighted by Gasteiger charge is -2.31. The molecule has 2 aromatic rings. The van der Waals surface area contributed by atoms with E-state index in [2.05, 4.69) is 10.6 Å². The van der Waals surface area contributed by atoms with Gasteiger partial charge in [-0.05, 0) is 43.5 Å². The number of amides is 3. The van der Waals surface area contributed by atoms with E-state index in [1.165, 1.54) is 12.5 Å². The van der Waals surface area contributed by atoms with Gasteiger partial charge in [0.05, 0.1) is 6.42 Å². The normalized spacial score (nSPS) is 14.3. The Morgan fingerprint density at radius 1 is 0.966 bits per heavy atom. The van der Waals surface area contributed by atoms with Gasteiger partial charge in [0.15, 0.2) is 0 Å². The van der Waals surface area contributed by atoms with E-state index in [0.717, 1.165) is 5.56 Å². The van der Waals surface area contributed by atoms with E-state index in [9.17, 15) is 14.4 Å². The van der Waals surface area contributed by atoms with E-state index in [-0.39, 0.29) is 23.6 Å². The molecule has 1 saturated heterocycles. The molecule has 0 bridgehead atoms. The van der Waals surface area contributed by atoms with Gasteiger partial charge in [0.25, 0.3) is 0 Å². The van der Waals surface area contributed by atoms with Crippen LogP contribution in [0.25, 0.3) is 0 Å². The molecule has 1 aliphatic rings. The number of anilines is 2. The molecule has 0 aromatic heterocycles. The molecule has 0 atom stereocenters. The number of hydrogen-bond acceptors (Lipinski definition) is 3. The summed E-state index contributed by atoms with van der Waals surface area (Å²) in [5, 5.41) is 5.63. The predicted octanol–water partition coefficient (Wildman–Crippen LogP) is 3.37. The van der Waals surface area contributed by atoms with Gasteiger partial charge in [-0.15, -0.1) is 0 Å². The Morgan fingerprint density at radius 3 is 2.21 bits per heavy atom. The summed E-state index contributed by atoms with van der Waals surface area (Å²) < 4.78 is 0. The molecule has 1 fully saturated rings. The van der Waals surface area contributed by atoms with E-state index < -0.39 is 0 Å². The van der Waals surface area contributed by atoms with E-state index in [0.29, 0.717) is 43.7 Å². The van der Waals surface area contributed by atoms with Crippen molar-refractivity contribution in [1.29, 1.82) is 0 Å². The third-order valence-electron chi connectivity index (χ3n) is 5.14. The third-order valence-corrected chi connectivity index (χ3v) is 5.14. The Kier molecular flexibility index (Phi) is 6.65. The van der Waals surface area contributed by atoms with Crippen LogP contribution in [0.5, 0.6) is 0 Å². The number of nitrogens with zero attached hydrogens (tertiary/aromatic N) is 1.